The normalized spacial score (nSPS) is 13.6. The van der Waals surface area contributed by atoms with Gasteiger partial charge in [-0.2, -0.15) is 0 Å². The van der Waals surface area contributed by atoms with Gasteiger partial charge in [0.25, 0.3) is 11.8 Å². The van der Waals surface area contributed by atoms with Crippen molar-refractivity contribution in [2.75, 3.05) is 23.4 Å². The fraction of sp³-hybridized carbons (Fsp3) is 0.304. The minimum atomic E-state index is -0.189. The molecule has 2 amide bonds. The lowest BCUT2D eigenvalue weighted by molar-refractivity contribution is -0.121. The Bertz CT molecular complexity index is 924. The second-order valence-corrected chi connectivity index (χ2v) is 8.19. The summed E-state index contributed by atoms with van der Waals surface area (Å²) in [6, 6.07) is 12.9. The van der Waals surface area contributed by atoms with Crippen molar-refractivity contribution < 1.29 is 14.3 Å². The van der Waals surface area contributed by atoms with Gasteiger partial charge in [0.2, 0.25) is 0 Å². The van der Waals surface area contributed by atoms with Crippen LogP contribution in [0.4, 0.5) is 11.4 Å². The molecule has 0 saturated heterocycles. The number of anilines is 2. The van der Waals surface area contributed by atoms with E-state index in [0.29, 0.717) is 29.2 Å². The summed E-state index contributed by atoms with van der Waals surface area (Å²) < 4.78 is 5.56. The van der Waals surface area contributed by atoms with Crippen molar-refractivity contribution >= 4 is 23.2 Å². The molecular weight excluding hydrogens is 352 g/mol. The van der Waals surface area contributed by atoms with Gasteiger partial charge < -0.3 is 15.0 Å². The van der Waals surface area contributed by atoms with Crippen molar-refractivity contribution in [3.05, 3.63) is 65.7 Å². The minimum Gasteiger partial charge on any atom is -0.481 e. The molecule has 5 heteroatoms. The van der Waals surface area contributed by atoms with Gasteiger partial charge in [0.15, 0.2) is 6.61 Å². The standard InChI is InChI=1S/C23H26N2O3/c1-15(2)13-25-19-11-10-18(12-20(19)28-14-21(25)26)24-22(27)16-6-8-17(9-7-16)23(3,4)5/h6-12H,1,13-14H2,2-5H3,(H,24,27). The molecule has 3 rings (SSSR count). The Morgan fingerprint density at radius 2 is 1.86 bits per heavy atom. The summed E-state index contributed by atoms with van der Waals surface area (Å²) in [5.74, 6) is 0.277. The van der Waals surface area contributed by atoms with Crippen LogP contribution in [0.25, 0.3) is 0 Å². The smallest absolute Gasteiger partial charge is 0.265 e. The molecular formula is C23H26N2O3. The maximum absolute atomic E-state index is 12.6. The van der Waals surface area contributed by atoms with E-state index in [0.717, 1.165) is 5.57 Å². The third kappa shape index (κ3) is 4.25. The average Bonchev–Trinajstić information content (AvgIpc) is 2.63. The van der Waals surface area contributed by atoms with Crippen LogP contribution in [-0.4, -0.2) is 25.0 Å². The van der Waals surface area contributed by atoms with Crippen LogP contribution < -0.4 is 15.0 Å². The van der Waals surface area contributed by atoms with Gasteiger partial charge in [0, 0.05) is 23.9 Å². The molecule has 28 heavy (non-hydrogen) atoms. The highest BCUT2D eigenvalue weighted by Crippen LogP contribution is 2.35. The number of amides is 2. The molecule has 0 unspecified atom stereocenters. The van der Waals surface area contributed by atoms with Gasteiger partial charge in [-0.05, 0) is 42.2 Å². The molecule has 146 valence electrons. The van der Waals surface area contributed by atoms with Gasteiger partial charge in [0.1, 0.15) is 5.75 Å². The molecule has 0 bridgehead atoms. The summed E-state index contributed by atoms with van der Waals surface area (Å²) in [4.78, 5) is 26.4. The van der Waals surface area contributed by atoms with Gasteiger partial charge in [-0.3, -0.25) is 9.59 Å². The van der Waals surface area contributed by atoms with Gasteiger partial charge in [-0.1, -0.05) is 45.1 Å². The SMILES string of the molecule is C=C(C)CN1C(=O)COc2cc(NC(=O)c3ccc(C(C)(C)C)cc3)ccc21. The number of benzene rings is 2. The molecule has 0 saturated carbocycles. The van der Waals surface area contributed by atoms with E-state index in [2.05, 4.69) is 32.7 Å². The number of carbonyl (C=O) groups is 2. The Hall–Kier alpha value is -3.08. The van der Waals surface area contributed by atoms with Crippen LogP contribution in [0.2, 0.25) is 0 Å². The maximum Gasteiger partial charge on any atom is 0.265 e. The van der Waals surface area contributed by atoms with Gasteiger partial charge in [0.05, 0.1) is 5.69 Å². The highest BCUT2D eigenvalue weighted by Gasteiger charge is 2.25. The third-order valence-electron chi connectivity index (χ3n) is 4.60. The number of nitrogens with zero attached hydrogens (tertiary/aromatic N) is 1. The summed E-state index contributed by atoms with van der Waals surface area (Å²) in [5.41, 5.74) is 3.99. The first kappa shape index (κ1) is 19.7. The highest BCUT2D eigenvalue weighted by molar-refractivity contribution is 6.05. The molecule has 0 aliphatic carbocycles. The first-order valence-electron chi connectivity index (χ1n) is 9.28. The van der Waals surface area contributed by atoms with E-state index >= 15 is 0 Å². The lowest BCUT2D eigenvalue weighted by Gasteiger charge is -2.29. The van der Waals surface area contributed by atoms with Crippen molar-refractivity contribution in [1.82, 2.24) is 0 Å². The van der Waals surface area contributed by atoms with E-state index < -0.39 is 0 Å². The van der Waals surface area contributed by atoms with Crippen molar-refractivity contribution in [2.45, 2.75) is 33.1 Å². The van der Waals surface area contributed by atoms with Gasteiger partial charge in [-0.15, -0.1) is 0 Å². The number of carbonyl (C=O) groups excluding carboxylic acids is 2. The zero-order chi connectivity index (χ0) is 20.5. The Kier molecular flexibility index (Phi) is 5.27. The maximum atomic E-state index is 12.6. The number of nitrogens with one attached hydrogen (secondary N) is 1. The molecule has 2 aromatic carbocycles. The van der Waals surface area contributed by atoms with Gasteiger partial charge in [-0.25, -0.2) is 0 Å². The molecule has 1 N–H and O–H groups in total. The van der Waals surface area contributed by atoms with Crippen molar-refractivity contribution in [2.24, 2.45) is 0 Å². The largest absolute Gasteiger partial charge is 0.481 e. The van der Waals surface area contributed by atoms with Crippen LogP contribution in [0.5, 0.6) is 5.75 Å². The van der Waals surface area contributed by atoms with Crippen molar-refractivity contribution in [3.8, 4) is 5.75 Å². The topological polar surface area (TPSA) is 58.6 Å². The molecule has 0 atom stereocenters. The van der Waals surface area contributed by atoms with E-state index in [1.165, 1.54) is 5.56 Å². The fourth-order valence-corrected chi connectivity index (χ4v) is 3.05. The van der Waals surface area contributed by atoms with Crippen LogP contribution in [0.15, 0.2) is 54.6 Å². The monoisotopic (exact) mass is 378 g/mol. The van der Waals surface area contributed by atoms with E-state index in [1.807, 2.05) is 31.2 Å². The van der Waals surface area contributed by atoms with Crippen LogP contribution >= 0.6 is 0 Å². The quantitative estimate of drug-likeness (QED) is 0.795. The molecule has 0 fully saturated rings. The fourth-order valence-electron chi connectivity index (χ4n) is 3.05. The van der Waals surface area contributed by atoms with Crippen molar-refractivity contribution in [1.29, 1.82) is 0 Å². The van der Waals surface area contributed by atoms with Crippen molar-refractivity contribution in [3.63, 3.8) is 0 Å². The molecule has 0 radical (unpaired) electrons. The first-order chi connectivity index (χ1) is 13.1. The highest BCUT2D eigenvalue weighted by atomic mass is 16.5. The molecule has 0 aromatic heterocycles. The molecule has 1 aliphatic heterocycles. The molecule has 5 nitrogen and oxygen atoms in total. The zero-order valence-electron chi connectivity index (χ0n) is 16.8. The van der Waals surface area contributed by atoms with E-state index in [1.54, 1.807) is 23.1 Å². The Labute approximate surface area is 166 Å². The van der Waals surface area contributed by atoms with Crippen LogP contribution in [0.3, 0.4) is 0 Å². The van der Waals surface area contributed by atoms with Crippen LogP contribution in [0.1, 0.15) is 43.6 Å². The molecule has 1 heterocycles. The molecule has 2 aromatic rings. The molecule has 0 spiro atoms. The summed E-state index contributed by atoms with van der Waals surface area (Å²) in [6.07, 6.45) is 0. The minimum absolute atomic E-state index is 0.0219. The zero-order valence-corrected chi connectivity index (χ0v) is 16.8. The first-order valence-corrected chi connectivity index (χ1v) is 9.28. The van der Waals surface area contributed by atoms with E-state index in [4.69, 9.17) is 4.74 Å². The molecule has 1 aliphatic rings. The predicted octanol–water partition coefficient (Wildman–Crippen LogP) is 4.54. The van der Waals surface area contributed by atoms with E-state index in [-0.39, 0.29) is 23.8 Å². The summed E-state index contributed by atoms with van der Waals surface area (Å²) in [5, 5.41) is 2.89. The van der Waals surface area contributed by atoms with E-state index in [9.17, 15) is 9.59 Å². The number of rotatable bonds is 4. The summed E-state index contributed by atoms with van der Waals surface area (Å²) >= 11 is 0. The number of hydrogen-bond donors (Lipinski definition) is 1. The van der Waals surface area contributed by atoms with Crippen LogP contribution in [0, 0.1) is 0 Å². The second kappa shape index (κ2) is 7.50. The summed E-state index contributed by atoms with van der Waals surface area (Å²) in [6.45, 7) is 12.6. The Morgan fingerprint density at radius 1 is 1.18 bits per heavy atom. The lowest BCUT2D eigenvalue weighted by atomic mass is 9.87. The number of fused-ring (bicyclic) bond motifs is 1. The second-order valence-electron chi connectivity index (χ2n) is 8.19. The predicted molar refractivity (Wildman–Crippen MR) is 112 cm³/mol. The number of ether oxygens (including phenoxy) is 1. The van der Waals surface area contributed by atoms with Gasteiger partial charge >= 0.3 is 0 Å². The van der Waals surface area contributed by atoms with Crippen LogP contribution in [-0.2, 0) is 10.2 Å². The summed E-state index contributed by atoms with van der Waals surface area (Å²) in [7, 11) is 0. The lowest BCUT2D eigenvalue weighted by Crippen LogP contribution is -2.39. The third-order valence-corrected chi connectivity index (χ3v) is 4.60. The Balaban J connectivity index is 1.77. The average molecular weight is 378 g/mol. The number of hydrogen-bond acceptors (Lipinski definition) is 3. The Morgan fingerprint density at radius 3 is 2.46 bits per heavy atom.